The van der Waals surface area contributed by atoms with E-state index in [1.165, 1.54) is 0 Å². The van der Waals surface area contributed by atoms with Gasteiger partial charge in [0.1, 0.15) is 6.10 Å². The van der Waals surface area contributed by atoms with Gasteiger partial charge in [0.05, 0.1) is 18.1 Å². The second-order valence-corrected chi connectivity index (χ2v) is 6.10. The topological polar surface area (TPSA) is 146 Å². The van der Waals surface area contributed by atoms with Crippen LogP contribution in [0.5, 0.6) is 0 Å². The molecule has 9 heteroatoms. The first kappa shape index (κ1) is 18.2. The lowest BCUT2D eigenvalue weighted by Gasteiger charge is -2.24. The number of cyclic esters (lactones) is 1. The molecule has 0 aromatic rings. The Morgan fingerprint density at radius 2 is 2.29 bits per heavy atom. The van der Waals surface area contributed by atoms with Crippen LogP contribution in [0.1, 0.15) is 19.8 Å². The molecule has 0 saturated heterocycles. The predicted molar refractivity (Wildman–Crippen MR) is 84.1 cm³/mol. The number of hydrogen-bond donors (Lipinski definition) is 4. The van der Waals surface area contributed by atoms with E-state index >= 15 is 0 Å². The Kier molecular flexibility index (Phi) is 5.79. The number of hydrogen-bond acceptors (Lipinski definition) is 8. The molecule has 0 saturated carbocycles. The number of esters is 1. The molecule has 0 unspecified atom stereocenters. The number of nitrogens with zero attached hydrogens (tertiary/aromatic N) is 2. The van der Waals surface area contributed by atoms with Crippen molar-refractivity contribution in [1.82, 2.24) is 4.90 Å². The van der Waals surface area contributed by atoms with Gasteiger partial charge in [0.2, 0.25) is 0 Å². The van der Waals surface area contributed by atoms with Crippen LogP contribution in [0, 0.1) is 5.92 Å². The van der Waals surface area contributed by atoms with Gasteiger partial charge in [0.15, 0.2) is 5.96 Å². The minimum absolute atomic E-state index is 0.118. The lowest BCUT2D eigenvalue weighted by molar-refractivity contribution is -0.147. The quantitative estimate of drug-likeness (QED) is 0.398. The van der Waals surface area contributed by atoms with Gasteiger partial charge in [-0.2, -0.15) is 0 Å². The average molecular weight is 341 g/mol. The van der Waals surface area contributed by atoms with E-state index in [0.29, 0.717) is 5.57 Å². The number of carboxylic acid groups (broad SMARTS) is 1. The molecule has 0 aromatic heterocycles. The van der Waals surface area contributed by atoms with Crippen LogP contribution < -0.4 is 5.73 Å². The first-order valence-electron chi connectivity index (χ1n) is 7.81. The summed E-state index contributed by atoms with van der Waals surface area (Å²) in [6, 6.07) is -0.586. The van der Waals surface area contributed by atoms with Crippen molar-refractivity contribution in [3.63, 3.8) is 0 Å². The maximum Gasteiger partial charge on any atom is 0.334 e. The number of β-amino-alcohol motifs (C(OH)–C–C–N with tert-alkyl or cyclic N) is 1. The molecule has 0 fully saturated rings. The molecule has 2 aliphatic heterocycles. The number of guanidine groups is 1. The molecular weight excluding hydrogens is 318 g/mol. The number of aliphatic carboxylic acids is 1. The zero-order chi connectivity index (χ0) is 17.9. The van der Waals surface area contributed by atoms with Gasteiger partial charge in [0, 0.05) is 31.7 Å². The maximum atomic E-state index is 11.6. The molecule has 5 N–H and O–H groups in total. The fourth-order valence-corrected chi connectivity index (χ4v) is 2.89. The highest BCUT2D eigenvalue weighted by Crippen LogP contribution is 2.26. The van der Waals surface area contributed by atoms with Crippen molar-refractivity contribution < 1.29 is 29.6 Å². The minimum Gasteiger partial charge on any atom is -0.481 e. The Labute approximate surface area is 139 Å². The molecule has 24 heavy (non-hydrogen) atoms. The highest BCUT2D eigenvalue weighted by molar-refractivity contribution is 5.90. The fraction of sp³-hybridized carbons (Fsp3) is 0.667. The summed E-state index contributed by atoms with van der Waals surface area (Å²) in [5.74, 6) is -2.17. The molecule has 0 aromatic carbocycles. The summed E-state index contributed by atoms with van der Waals surface area (Å²) in [5.41, 5.74) is 6.28. The minimum atomic E-state index is -1.04. The molecular formula is C15H23N3O6. The van der Waals surface area contributed by atoms with Crippen LogP contribution in [0.15, 0.2) is 16.6 Å². The van der Waals surface area contributed by atoms with Gasteiger partial charge in [-0.1, -0.05) is 0 Å². The lowest BCUT2D eigenvalue weighted by Crippen LogP contribution is -2.41. The molecule has 0 radical (unpaired) electrons. The predicted octanol–water partition coefficient (Wildman–Crippen LogP) is -1.31. The van der Waals surface area contributed by atoms with E-state index in [1.807, 2.05) is 0 Å². The Bertz CT molecular complexity index is 561. The number of rotatable bonds is 8. The summed E-state index contributed by atoms with van der Waals surface area (Å²) in [7, 11) is 0. The third-order valence-corrected chi connectivity index (χ3v) is 4.21. The van der Waals surface area contributed by atoms with Gasteiger partial charge < -0.3 is 30.7 Å². The number of carboxylic acids is 1. The van der Waals surface area contributed by atoms with Crippen LogP contribution >= 0.6 is 0 Å². The summed E-state index contributed by atoms with van der Waals surface area (Å²) in [4.78, 5) is 28.8. The van der Waals surface area contributed by atoms with Gasteiger partial charge in [-0.3, -0.25) is 4.79 Å². The van der Waals surface area contributed by atoms with Gasteiger partial charge in [-0.15, -0.1) is 0 Å². The molecule has 0 amide bonds. The van der Waals surface area contributed by atoms with Crippen LogP contribution in [0.2, 0.25) is 0 Å². The van der Waals surface area contributed by atoms with Crippen molar-refractivity contribution in [1.29, 1.82) is 0 Å². The summed E-state index contributed by atoms with van der Waals surface area (Å²) >= 11 is 0. The normalized spacial score (nSPS) is 26.0. The molecule has 2 aliphatic rings. The van der Waals surface area contributed by atoms with Crippen LogP contribution in [-0.4, -0.2) is 76.1 Å². The first-order chi connectivity index (χ1) is 11.3. The maximum absolute atomic E-state index is 11.6. The van der Waals surface area contributed by atoms with Crippen molar-refractivity contribution in [2.24, 2.45) is 16.6 Å². The molecule has 0 bridgehead atoms. The zero-order valence-corrected chi connectivity index (χ0v) is 13.5. The second-order valence-electron chi connectivity index (χ2n) is 6.10. The molecule has 2 heterocycles. The Morgan fingerprint density at radius 3 is 2.83 bits per heavy atom. The number of carbonyl (C=O) groups is 2. The van der Waals surface area contributed by atoms with E-state index in [0.717, 1.165) is 0 Å². The molecule has 2 rings (SSSR count). The molecule has 0 spiro atoms. The SMILES string of the molecule is CC1=C[C@@H](C[C@@H](C(=O)O)[C@@H]2CN(C[C@H](O)CCO)C(N)=N2)OC1=O. The summed E-state index contributed by atoms with van der Waals surface area (Å²) in [6.45, 7) is 1.91. The van der Waals surface area contributed by atoms with Crippen LogP contribution in [0.4, 0.5) is 0 Å². The average Bonchev–Trinajstić information content (AvgIpc) is 2.99. The molecule has 0 aliphatic carbocycles. The van der Waals surface area contributed by atoms with Crippen molar-refractivity contribution in [3.05, 3.63) is 11.6 Å². The summed E-state index contributed by atoms with van der Waals surface area (Å²) < 4.78 is 5.11. The number of aliphatic hydroxyl groups is 2. The van der Waals surface area contributed by atoms with Crippen molar-refractivity contribution in [3.8, 4) is 0 Å². The number of ether oxygens (including phenoxy) is 1. The smallest absolute Gasteiger partial charge is 0.334 e. The van der Waals surface area contributed by atoms with E-state index in [2.05, 4.69) is 4.99 Å². The highest BCUT2D eigenvalue weighted by Gasteiger charge is 2.38. The van der Waals surface area contributed by atoms with Gasteiger partial charge in [-0.25, -0.2) is 9.79 Å². The molecule has 4 atom stereocenters. The number of aliphatic hydroxyl groups excluding tert-OH is 2. The Morgan fingerprint density at radius 1 is 1.58 bits per heavy atom. The van der Waals surface area contributed by atoms with Crippen LogP contribution in [0.3, 0.4) is 0 Å². The molecule has 134 valence electrons. The fourth-order valence-electron chi connectivity index (χ4n) is 2.89. The number of nitrogens with two attached hydrogens (primary N) is 1. The van der Waals surface area contributed by atoms with Crippen molar-refractivity contribution in [2.75, 3.05) is 19.7 Å². The van der Waals surface area contributed by atoms with E-state index in [4.69, 9.17) is 15.6 Å². The Hall–Kier alpha value is -2.13. The molecule has 9 nitrogen and oxygen atoms in total. The van der Waals surface area contributed by atoms with Gasteiger partial charge >= 0.3 is 11.9 Å². The summed E-state index contributed by atoms with van der Waals surface area (Å²) in [5, 5.41) is 28.1. The monoisotopic (exact) mass is 341 g/mol. The standard InChI is InChI=1S/C15H23N3O6/c1-8-4-10(24-14(8)23)5-11(13(21)22)12-7-18(15(16)17-12)6-9(20)2-3-19/h4,9-12,19-20H,2-3,5-7H2,1H3,(H2,16,17)(H,21,22)/t9-,10+,11-,12+/m1/s1. The van der Waals surface area contributed by atoms with E-state index in [1.54, 1.807) is 17.9 Å². The van der Waals surface area contributed by atoms with Crippen molar-refractivity contribution in [2.45, 2.75) is 38.0 Å². The zero-order valence-electron chi connectivity index (χ0n) is 13.5. The van der Waals surface area contributed by atoms with E-state index < -0.39 is 36.1 Å². The highest BCUT2D eigenvalue weighted by atomic mass is 16.5. The number of carbonyl (C=O) groups excluding carboxylic acids is 1. The first-order valence-corrected chi connectivity index (χ1v) is 7.81. The van der Waals surface area contributed by atoms with Gasteiger partial charge in [-0.05, 0) is 19.4 Å². The van der Waals surface area contributed by atoms with Crippen molar-refractivity contribution >= 4 is 17.9 Å². The largest absolute Gasteiger partial charge is 0.481 e. The Balaban J connectivity index is 2.00. The van der Waals surface area contributed by atoms with Crippen LogP contribution in [0.25, 0.3) is 0 Å². The second kappa shape index (κ2) is 7.63. The number of aliphatic imine (C=N–C) groups is 1. The summed E-state index contributed by atoms with van der Waals surface area (Å²) in [6.07, 6.45) is 0.589. The lowest BCUT2D eigenvalue weighted by atomic mass is 9.93. The van der Waals surface area contributed by atoms with Gasteiger partial charge in [0.25, 0.3) is 0 Å². The third-order valence-electron chi connectivity index (χ3n) is 4.21. The van der Waals surface area contributed by atoms with E-state index in [-0.39, 0.29) is 38.5 Å². The van der Waals surface area contributed by atoms with Crippen LogP contribution in [-0.2, 0) is 14.3 Å². The van der Waals surface area contributed by atoms with E-state index in [9.17, 15) is 19.8 Å². The third kappa shape index (κ3) is 4.24.